The van der Waals surface area contributed by atoms with Gasteiger partial charge in [-0.25, -0.2) is 4.98 Å². The van der Waals surface area contributed by atoms with Gasteiger partial charge in [-0.05, 0) is 42.5 Å². The highest BCUT2D eigenvalue weighted by Crippen LogP contribution is 2.39. The Balaban J connectivity index is 1.80. The Labute approximate surface area is 188 Å². The minimum Gasteiger partial charge on any atom is -0.295 e. The third kappa shape index (κ3) is 2.08. The van der Waals surface area contributed by atoms with E-state index in [0.29, 0.717) is 0 Å². The van der Waals surface area contributed by atoms with Crippen molar-refractivity contribution < 1.29 is 0 Å². The molecule has 0 saturated carbocycles. The largest absolute Gasteiger partial charge is 0.295 e. The summed E-state index contributed by atoms with van der Waals surface area (Å²) in [6.45, 7) is 0. The van der Waals surface area contributed by atoms with Crippen LogP contribution in [-0.4, -0.2) is 18.4 Å². The number of aromatic nitrogens is 4. The van der Waals surface area contributed by atoms with Crippen LogP contribution in [0.25, 0.3) is 60.9 Å². The van der Waals surface area contributed by atoms with Crippen LogP contribution in [0.15, 0.2) is 109 Å². The van der Waals surface area contributed by atoms with Crippen LogP contribution in [0.2, 0.25) is 0 Å². The van der Waals surface area contributed by atoms with E-state index in [1.807, 2.05) is 0 Å². The highest BCUT2D eigenvalue weighted by molar-refractivity contribution is 6.18. The Morgan fingerprint density at radius 2 is 1.24 bits per heavy atom. The number of para-hydroxylation sites is 5. The summed E-state index contributed by atoms with van der Waals surface area (Å²) in [7, 11) is 0. The topological polar surface area (TPSA) is 26.6 Å². The summed E-state index contributed by atoms with van der Waals surface area (Å²) >= 11 is 0. The molecule has 33 heavy (non-hydrogen) atoms. The average Bonchev–Trinajstić information content (AvgIpc) is 3.53. The average molecular weight is 422 g/mol. The maximum atomic E-state index is 5.13. The summed E-state index contributed by atoms with van der Waals surface area (Å²) in [6, 6.07) is 38.6. The monoisotopic (exact) mass is 422 g/mol. The lowest BCUT2D eigenvalue weighted by molar-refractivity contribution is 1.08. The zero-order chi connectivity index (χ0) is 21.5. The van der Waals surface area contributed by atoms with Crippen LogP contribution in [0.5, 0.6) is 0 Å². The van der Waals surface area contributed by atoms with Crippen molar-refractivity contribution in [1.29, 1.82) is 0 Å². The zero-order valence-corrected chi connectivity index (χ0v) is 17.7. The molecule has 0 fully saturated rings. The fraction of sp³-hybridized carbons (Fsp3) is 0. The molecule has 4 aromatic heterocycles. The van der Waals surface area contributed by atoms with Crippen LogP contribution >= 0.6 is 0 Å². The number of fused-ring (bicyclic) bond motifs is 12. The van der Waals surface area contributed by atoms with Gasteiger partial charge in [0.1, 0.15) is 5.65 Å². The molecule has 4 aromatic carbocycles. The van der Waals surface area contributed by atoms with Gasteiger partial charge in [0.25, 0.3) is 0 Å². The van der Waals surface area contributed by atoms with Crippen molar-refractivity contribution in [2.45, 2.75) is 0 Å². The Bertz CT molecular complexity index is 1990. The maximum absolute atomic E-state index is 5.13. The van der Waals surface area contributed by atoms with Gasteiger partial charge in [0.15, 0.2) is 0 Å². The number of imidazole rings is 1. The second-order valence-electron chi connectivity index (χ2n) is 8.55. The quantitative estimate of drug-likeness (QED) is 0.280. The second-order valence-corrected chi connectivity index (χ2v) is 8.55. The van der Waals surface area contributed by atoms with E-state index in [1.165, 1.54) is 32.7 Å². The first-order valence-electron chi connectivity index (χ1n) is 11.2. The summed E-state index contributed by atoms with van der Waals surface area (Å²) in [5.41, 5.74) is 7.93. The molecule has 0 radical (unpaired) electrons. The van der Waals surface area contributed by atoms with Crippen molar-refractivity contribution in [2.75, 3.05) is 0 Å². The molecule has 8 rings (SSSR count). The Morgan fingerprint density at radius 3 is 2.12 bits per heavy atom. The van der Waals surface area contributed by atoms with Gasteiger partial charge in [0, 0.05) is 16.5 Å². The first kappa shape index (κ1) is 17.0. The van der Waals surface area contributed by atoms with Gasteiger partial charge in [0.2, 0.25) is 5.78 Å². The van der Waals surface area contributed by atoms with Crippen molar-refractivity contribution in [3.63, 3.8) is 0 Å². The molecule has 4 heteroatoms. The minimum absolute atomic E-state index is 0.930. The van der Waals surface area contributed by atoms with Crippen molar-refractivity contribution >= 4 is 55.2 Å². The van der Waals surface area contributed by atoms with Crippen LogP contribution in [0.4, 0.5) is 0 Å². The van der Waals surface area contributed by atoms with E-state index in [0.717, 1.165) is 28.1 Å². The van der Waals surface area contributed by atoms with Crippen molar-refractivity contribution in [2.24, 2.45) is 0 Å². The summed E-state index contributed by atoms with van der Waals surface area (Å²) < 4.78 is 7.03. The van der Waals surface area contributed by atoms with E-state index in [9.17, 15) is 0 Å². The van der Waals surface area contributed by atoms with Crippen molar-refractivity contribution in [3.8, 4) is 5.69 Å². The van der Waals surface area contributed by atoms with Crippen molar-refractivity contribution in [1.82, 2.24) is 18.4 Å². The molecule has 0 spiro atoms. The molecule has 0 bridgehead atoms. The molecule has 0 N–H and O–H groups in total. The lowest BCUT2D eigenvalue weighted by atomic mass is 10.2. The highest BCUT2D eigenvalue weighted by Gasteiger charge is 2.22. The second kappa shape index (κ2) is 6.02. The van der Waals surface area contributed by atoms with Crippen LogP contribution in [0, 0.1) is 0 Å². The van der Waals surface area contributed by atoms with Gasteiger partial charge in [-0.1, -0.05) is 66.7 Å². The fourth-order valence-corrected chi connectivity index (χ4v) is 5.46. The number of rotatable bonds is 1. The van der Waals surface area contributed by atoms with Gasteiger partial charge in [-0.2, -0.15) is 0 Å². The molecule has 0 saturated heterocycles. The molecule has 0 aliphatic heterocycles. The standard InChI is InChI=1S/C29H18N4/c1-2-11-20(12-3-1)31-24-16-8-5-13-21(24)27-26-18-19-10-4-7-15-23(19)32(26)29-30-22-14-6-9-17-25(22)33(29)28(27)31/h1-18H. The van der Waals surface area contributed by atoms with E-state index in [2.05, 4.69) is 123 Å². The summed E-state index contributed by atoms with van der Waals surface area (Å²) in [6.07, 6.45) is 0. The van der Waals surface area contributed by atoms with E-state index < -0.39 is 0 Å². The van der Waals surface area contributed by atoms with Gasteiger partial charge in [-0.15, -0.1) is 0 Å². The van der Waals surface area contributed by atoms with Crippen molar-refractivity contribution in [3.05, 3.63) is 109 Å². The Morgan fingerprint density at radius 1 is 0.545 bits per heavy atom. The smallest absolute Gasteiger partial charge is 0.221 e. The molecule has 0 aliphatic rings. The number of benzene rings is 4. The molecular formula is C29H18N4. The normalized spacial score (nSPS) is 12.2. The first-order chi connectivity index (χ1) is 16.4. The summed E-state index contributed by atoms with van der Waals surface area (Å²) in [5.74, 6) is 0.930. The molecule has 0 atom stereocenters. The SMILES string of the molecule is c1ccc(-n2c3ccccc3c3c4cc5ccccc5n4c4nc5ccccc5n4c32)cc1. The zero-order valence-electron chi connectivity index (χ0n) is 17.7. The lowest BCUT2D eigenvalue weighted by Gasteiger charge is -2.11. The van der Waals surface area contributed by atoms with Crippen LogP contribution in [-0.2, 0) is 0 Å². The van der Waals surface area contributed by atoms with Crippen LogP contribution in [0.3, 0.4) is 0 Å². The van der Waals surface area contributed by atoms with E-state index in [4.69, 9.17) is 4.98 Å². The number of hydrogen-bond acceptors (Lipinski definition) is 1. The molecule has 8 aromatic rings. The van der Waals surface area contributed by atoms with E-state index in [1.54, 1.807) is 0 Å². The van der Waals surface area contributed by atoms with Crippen LogP contribution < -0.4 is 0 Å². The van der Waals surface area contributed by atoms with Gasteiger partial charge < -0.3 is 0 Å². The maximum Gasteiger partial charge on any atom is 0.221 e. The molecule has 4 heterocycles. The predicted octanol–water partition coefficient (Wildman–Crippen LogP) is 6.99. The molecule has 0 aliphatic carbocycles. The fourth-order valence-electron chi connectivity index (χ4n) is 5.46. The van der Waals surface area contributed by atoms with Crippen LogP contribution in [0.1, 0.15) is 0 Å². The molecule has 154 valence electrons. The Hall–Kier alpha value is -4.57. The number of nitrogens with zero attached hydrogens (tertiary/aromatic N) is 4. The highest BCUT2D eigenvalue weighted by atomic mass is 15.2. The molecule has 0 amide bonds. The minimum atomic E-state index is 0.930. The summed E-state index contributed by atoms with van der Waals surface area (Å²) in [5, 5.41) is 3.70. The predicted molar refractivity (Wildman–Crippen MR) is 135 cm³/mol. The van der Waals surface area contributed by atoms with Gasteiger partial charge in [0.05, 0.1) is 33.0 Å². The third-order valence-corrected chi connectivity index (χ3v) is 6.79. The molecule has 4 nitrogen and oxygen atoms in total. The lowest BCUT2D eigenvalue weighted by Crippen LogP contribution is -2.02. The van der Waals surface area contributed by atoms with E-state index in [-0.39, 0.29) is 0 Å². The number of hydrogen-bond donors (Lipinski definition) is 0. The third-order valence-electron chi connectivity index (χ3n) is 6.79. The Kier molecular flexibility index (Phi) is 3.11. The molecular weight excluding hydrogens is 404 g/mol. The van der Waals surface area contributed by atoms with Gasteiger partial charge >= 0.3 is 0 Å². The van der Waals surface area contributed by atoms with E-state index >= 15 is 0 Å². The summed E-state index contributed by atoms with van der Waals surface area (Å²) in [4.78, 5) is 5.13. The molecule has 0 unspecified atom stereocenters. The van der Waals surface area contributed by atoms with Gasteiger partial charge in [-0.3, -0.25) is 13.4 Å². The first-order valence-corrected chi connectivity index (χ1v) is 11.2.